The van der Waals surface area contributed by atoms with E-state index in [1.165, 1.54) is 0 Å². The normalized spacial score (nSPS) is 13.7. The van der Waals surface area contributed by atoms with Crippen molar-refractivity contribution in [2.45, 2.75) is 6.92 Å². The highest BCUT2D eigenvalue weighted by Crippen LogP contribution is 1.77. The van der Waals surface area contributed by atoms with Gasteiger partial charge in [-0.1, -0.05) is 0 Å². The van der Waals surface area contributed by atoms with Crippen LogP contribution in [0.4, 0.5) is 0 Å². The minimum absolute atomic E-state index is 0.434. The summed E-state index contributed by atoms with van der Waals surface area (Å²) in [7, 11) is 0. The molecule has 0 spiro atoms. The van der Waals surface area contributed by atoms with Gasteiger partial charge in [0.15, 0.2) is 0 Å². The van der Waals surface area contributed by atoms with Crippen LogP contribution >= 0.6 is 0 Å². The van der Waals surface area contributed by atoms with Gasteiger partial charge in [0.2, 0.25) is 0 Å². The Kier molecular flexibility index (Phi) is 3.17. The Balaban J connectivity index is 2.96. The van der Waals surface area contributed by atoms with E-state index in [2.05, 4.69) is 0 Å². The van der Waals surface area contributed by atoms with Crippen LogP contribution in [0.15, 0.2) is 0 Å². The number of carbonyl (C=O) groups is 1. The van der Waals surface area contributed by atoms with Crippen LogP contribution in [0.1, 0.15) is 6.92 Å². The predicted molar refractivity (Wildman–Crippen MR) is 25.4 cm³/mol. The van der Waals surface area contributed by atoms with E-state index in [1.54, 1.807) is 6.92 Å². The van der Waals surface area contributed by atoms with Crippen molar-refractivity contribution in [3.8, 4) is 0 Å². The summed E-state index contributed by atoms with van der Waals surface area (Å²) >= 11 is -1.21. The van der Waals surface area contributed by atoms with Crippen LogP contribution in [0, 0.1) is 0 Å². The van der Waals surface area contributed by atoms with Crippen LogP contribution in [-0.2, 0) is 16.0 Å². The SMILES string of the molecule is CC[S+]([O-])C=O. The van der Waals surface area contributed by atoms with Crippen LogP contribution < -0.4 is 0 Å². The molecule has 0 amide bonds. The third-order valence-electron chi connectivity index (χ3n) is 0.392. The van der Waals surface area contributed by atoms with Crippen molar-refractivity contribution < 1.29 is 9.35 Å². The van der Waals surface area contributed by atoms with Crippen molar-refractivity contribution in [3.63, 3.8) is 0 Å². The fourth-order valence-electron chi connectivity index (χ4n) is 0.0680. The average molecular weight is 106 g/mol. The van der Waals surface area contributed by atoms with Gasteiger partial charge in [0.25, 0.3) is 0 Å². The Bertz CT molecular complexity index is 46.1. The number of carbonyl (C=O) groups excluding carboxylic acids is 1. The monoisotopic (exact) mass is 106 g/mol. The highest BCUT2D eigenvalue weighted by Gasteiger charge is 1.92. The van der Waals surface area contributed by atoms with Gasteiger partial charge in [-0.25, -0.2) is 4.79 Å². The Morgan fingerprint density at radius 1 is 2.00 bits per heavy atom. The average Bonchev–Trinajstić information content (AvgIpc) is 1.65. The van der Waals surface area contributed by atoms with E-state index in [1.807, 2.05) is 0 Å². The Labute approximate surface area is 39.7 Å². The molecule has 0 aromatic heterocycles. The van der Waals surface area contributed by atoms with Gasteiger partial charge in [-0.2, -0.15) is 0 Å². The molecule has 0 heterocycles. The summed E-state index contributed by atoms with van der Waals surface area (Å²) < 4.78 is 9.92. The molecule has 0 aliphatic rings. The molecule has 0 N–H and O–H groups in total. The molecular formula is C3H6O2S. The molecule has 6 heavy (non-hydrogen) atoms. The van der Waals surface area contributed by atoms with E-state index < -0.39 is 11.2 Å². The maximum absolute atomic E-state index is 9.92. The van der Waals surface area contributed by atoms with Crippen molar-refractivity contribution in [2.24, 2.45) is 0 Å². The lowest BCUT2D eigenvalue weighted by Crippen LogP contribution is -2.02. The summed E-state index contributed by atoms with van der Waals surface area (Å²) in [4.78, 5) is 9.44. The first kappa shape index (κ1) is 5.98. The molecule has 0 aliphatic heterocycles. The summed E-state index contributed by atoms with van der Waals surface area (Å²) in [5.41, 5.74) is 0.444. The van der Waals surface area contributed by atoms with E-state index in [4.69, 9.17) is 0 Å². The van der Waals surface area contributed by atoms with Gasteiger partial charge in [0.1, 0.15) is 5.75 Å². The predicted octanol–water partition coefficient (Wildman–Crippen LogP) is -0.0548. The van der Waals surface area contributed by atoms with Gasteiger partial charge < -0.3 is 4.55 Å². The minimum Gasteiger partial charge on any atom is -0.609 e. The quantitative estimate of drug-likeness (QED) is 0.365. The lowest BCUT2D eigenvalue weighted by atomic mass is 11.0. The Morgan fingerprint density at radius 3 is 2.50 bits per heavy atom. The molecule has 3 heteroatoms. The van der Waals surface area contributed by atoms with Crippen molar-refractivity contribution in [2.75, 3.05) is 5.75 Å². The molecule has 0 aromatic rings. The fraction of sp³-hybridized carbons (Fsp3) is 0.667. The van der Waals surface area contributed by atoms with Gasteiger partial charge in [-0.3, -0.25) is 0 Å². The fourth-order valence-corrected chi connectivity index (χ4v) is 0.204. The molecule has 0 aromatic carbocycles. The highest BCUT2D eigenvalue weighted by atomic mass is 32.2. The molecule has 0 bridgehead atoms. The standard InChI is InChI=1S/C3H6O2S/c1-2-6(5)3-4/h3H,2H2,1H3. The zero-order chi connectivity index (χ0) is 4.99. The molecule has 1 unspecified atom stereocenters. The van der Waals surface area contributed by atoms with Crippen LogP contribution in [0.5, 0.6) is 0 Å². The number of hydrogen-bond donors (Lipinski definition) is 0. The van der Waals surface area contributed by atoms with Crippen molar-refractivity contribution in [1.82, 2.24) is 0 Å². The van der Waals surface area contributed by atoms with Crippen LogP contribution in [0.3, 0.4) is 0 Å². The van der Waals surface area contributed by atoms with E-state index >= 15 is 0 Å². The minimum atomic E-state index is -1.21. The first-order valence-electron chi connectivity index (χ1n) is 1.63. The summed E-state index contributed by atoms with van der Waals surface area (Å²) in [5, 5.41) is 0. The number of hydrogen-bond acceptors (Lipinski definition) is 2. The highest BCUT2D eigenvalue weighted by molar-refractivity contribution is 8.04. The van der Waals surface area contributed by atoms with E-state index in [9.17, 15) is 9.35 Å². The maximum atomic E-state index is 9.92. The largest absolute Gasteiger partial charge is 0.609 e. The van der Waals surface area contributed by atoms with E-state index in [0.717, 1.165) is 0 Å². The molecule has 36 valence electrons. The second-order valence-electron chi connectivity index (χ2n) is 0.766. The molecule has 0 saturated heterocycles. The Hall–Kier alpha value is -0.0200. The zero-order valence-electron chi connectivity index (χ0n) is 3.51. The molecule has 0 radical (unpaired) electrons. The van der Waals surface area contributed by atoms with Gasteiger partial charge in [-0.15, -0.1) is 0 Å². The van der Waals surface area contributed by atoms with Gasteiger partial charge in [-0.05, 0) is 6.92 Å². The maximum Gasteiger partial charge on any atom is 0.317 e. The summed E-state index contributed by atoms with van der Waals surface area (Å²) in [6.07, 6.45) is 0. The molecule has 0 rings (SSSR count). The first-order valence-corrected chi connectivity index (χ1v) is 3.02. The third kappa shape index (κ3) is 2.23. The molecule has 0 saturated carbocycles. The van der Waals surface area contributed by atoms with Crippen molar-refractivity contribution >= 4 is 16.8 Å². The molecule has 0 aliphatic carbocycles. The summed E-state index contributed by atoms with van der Waals surface area (Å²) in [5.74, 6) is 0.434. The van der Waals surface area contributed by atoms with Gasteiger partial charge in [0.05, 0.1) is 0 Å². The topological polar surface area (TPSA) is 40.1 Å². The lowest BCUT2D eigenvalue weighted by Gasteiger charge is -1.92. The lowest BCUT2D eigenvalue weighted by molar-refractivity contribution is 0.556. The van der Waals surface area contributed by atoms with Crippen LogP contribution in [0.25, 0.3) is 0 Å². The van der Waals surface area contributed by atoms with Crippen molar-refractivity contribution in [1.29, 1.82) is 0 Å². The summed E-state index contributed by atoms with van der Waals surface area (Å²) in [6.45, 7) is 1.70. The zero-order valence-corrected chi connectivity index (χ0v) is 4.33. The van der Waals surface area contributed by atoms with E-state index in [-0.39, 0.29) is 0 Å². The molecule has 1 atom stereocenters. The first-order chi connectivity index (χ1) is 2.81. The molecular weight excluding hydrogens is 100 g/mol. The van der Waals surface area contributed by atoms with Gasteiger partial charge >= 0.3 is 5.62 Å². The van der Waals surface area contributed by atoms with Gasteiger partial charge in [0, 0.05) is 11.2 Å². The Morgan fingerprint density at radius 2 is 2.50 bits per heavy atom. The third-order valence-corrected chi connectivity index (χ3v) is 1.18. The van der Waals surface area contributed by atoms with E-state index in [0.29, 0.717) is 11.4 Å². The van der Waals surface area contributed by atoms with Crippen LogP contribution in [-0.4, -0.2) is 15.9 Å². The second kappa shape index (κ2) is 3.18. The smallest absolute Gasteiger partial charge is 0.317 e. The van der Waals surface area contributed by atoms with Crippen molar-refractivity contribution in [3.05, 3.63) is 0 Å². The molecule has 0 fully saturated rings. The van der Waals surface area contributed by atoms with Crippen LogP contribution in [0.2, 0.25) is 0 Å². The number of rotatable bonds is 2. The second-order valence-corrected chi connectivity index (χ2v) is 2.30. The molecule has 2 nitrogen and oxygen atoms in total. The summed E-state index contributed by atoms with van der Waals surface area (Å²) in [6, 6.07) is 0.